The Labute approximate surface area is 407 Å². The number of guanidine groups is 2. The van der Waals surface area contributed by atoms with Crippen molar-refractivity contribution in [2.45, 2.75) is 101 Å². The SMILES string of the molecule is CC1CC(C)CC2(C1)CC1(N=C(N)N(C)C1=O)c1cc(Br)ccc1O2.[C-]#[N+]c1cccc(-c2ccc3c(c2)C2(CC4(CC(C)CC(C)C4)O3)N=C(N)N(C)C2=O)c1.[C-]#[N+]c1cccc(B(O)O)c1. The summed E-state index contributed by atoms with van der Waals surface area (Å²) in [5, 5.41) is 17.4. The molecule has 4 aliphatic heterocycles. The number of hydrogen-bond acceptors (Lipinski definition) is 10. The average Bonchev–Trinajstić information content (AvgIpc) is 3.63. The van der Waals surface area contributed by atoms with Crippen molar-refractivity contribution >= 4 is 63.6 Å². The second-order valence-corrected chi connectivity index (χ2v) is 21.0. The first-order valence-electron chi connectivity index (χ1n) is 23.1. The molecule has 6 N–H and O–H groups in total. The molecule has 16 heteroatoms. The molecule has 4 heterocycles. The summed E-state index contributed by atoms with van der Waals surface area (Å²) in [5.74, 6) is 4.00. The van der Waals surface area contributed by atoms with Crippen LogP contribution in [0.2, 0.25) is 0 Å². The van der Waals surface area contributed by atoms with Gasteiger partial charge < -0.3 is 31.0 Å². The Hall–Kier alpha value is -6.20. The summed E-state index contributed by atoms with van der Waals surface area (Å²) in [6.07, 6.45) is 7.12. The molecule has 0 radical (unpaired) electrons. The van der Waals surface area contributed by atoms with Crippen LogP contribution in [0.15, 0.2) is 99.4 Å². The van der Waals surface area contributed by atoms with E-state index < -0.39 is 23.8 Å². The molecule has 4 aromatic carbocycles. The number of halogens is 1. The lowest BCUT2D eigenvalue weighted by molar-refractivity contribution is -0.136. The summed E-state index contributed by atoms with van der Waals surface area (Å²) in [6.45, 7) is 23.0. The molecule has 68 heavy (non-hydrogen) atoms. The largest absolute Gasteiger partial charge is 0.487 e. The predicted octanol–water partition coefficient (Wildman–Crippen LogP) is 8.19. The van der Waals surface area contributed by atoms with Crippen molar-refractivity contribution in [3.05, 3.63) is 123 Å². The molecule has 2 fully saturated rings. The van der Waals surface area contributed by atoms with Crippen LogP contribution in [0.1, 0.15) is 90.2 Å². The molecule has 6 unspecified atom stereocenters. The molecular weight excluding hydrogens is 923 g/mol. The normalized spacial score (nSPS) is 29.8. The Morgan fingerprint density at radius 3 is 1.56 bits per heavy atom. The van der Waals surface area contributed by atoms with Gasteiger partial charge in [-0.1, -0.05) is 92.2 Å². The van der Waals surface area contributed by atoms with Crippen LogP contribution in [0, 0.1) is 36.8 Å². The van der Waals surface area contributed by atoms with E-state index in [1.807, 2.05) is 54.6 Å². The molecule has 6 atom stereocenters. The lowest BCUT2D eigenvalue weighted by Gasteiger charge is -2.49. The van der Waals surface area contributed by atoms with Gasteiger partial charge in [0.15, 0.2) is 34.4 Å². The van der Waals surface area contributed by atoms with Crippen molar-refractivity contribution in [3.8, 4) is 22.6 Å². The molecule has 4 spiro atoms. The maximum absolute atomic E-state index is 13.6. The van der Waals surface area contributed by atoms with Gasteiger partial charge in [0.1, 0.15) is 22.7 Å². The first kappa shape index (κ1) is 48.3. The highest BCUT2D eigenvalue weighted by Gasteiger charge is 2.60. The van der Waals surface area contributed by atoms with Crippen LogP contribution in [0.3, 0.4) is 0 Å². The van der Waals surface area contributed by atoms with E-state index in [4.69, 9.17) is 54.1 Å². The molecular formula is C52H58BBrN8O6. The number of carbonyl (C=O) groups is 2. The fourth-order valence-corrected chi connectivity index (χ4v) is 12.4. The van der Waals surface area contributed by atoms with Crippen LogP contribution in [0.4, 0.5) is 11.4 Å². The van der Waals surface area contributed by atoms with Crippen LogP contribution in [0.5, 0.6) is 11.5 Å². The van der Waals surface area contributed by atoms with Crippen LogP contribution >= 0.6 is 15.9 Å². The fraction of sp³-hybridized carbons (Fsp3) is 0.423. The number of hydrogen-bond donors (Lipinski definition) is 4. The van der Waals surface area contributed by atoms with Crippen molar-refractivity contribution in [1.29, 1.82) is 0 Å². The van der Waals surface area contributed by atoms with Crippen molar-refractivity contribution in [2.75, 3.05) is 14.1 Å². The molecule has 0 bridgehead atoms. The van der Waals surface area contributed by atoms with Gasteiger partial charge in [-0.2, -0.15) is 0 Å². The van der Waals surface area contributed by atoms with Crippen molar-refractivity contribution in [2.24, 2.45) is 45.1 Å². The molecule has 0 saturated heterocycles. The zero-order valence-electron chi connectivity index (χ0n) is 39.4. The zero-order chi connectivity index (χ0) is 48.9. The summed E-state index contributed by atoms with van der Waals surface area (Å²) in [7, 11) is 1.89. The van der Waals surface area contributed by atoms with Gasteiger partial charge in [0.05, 0.1) is 13.1 Å². The third-order valence-corrected chi connectivity index (χ3v) is 14.8. The van der Waals surface area contributed by atoms with Crippen LogP contribution in [-0.4, -0.2) is 76.0 Å². The Morgan fingerprint density at radius 2 is 1.10 bits per heavy atom. The maximum Gasteiger partial charge on any atom is 0.487 e. The van der Waals surface area contributed by atoms with E-state index in [9.17, 15) is 9.59 Å². The fourth-order valence-electron chi connectivity index (χ4n) is 12.1. The number of ether oxygens (including phenoxy) is 2. The summed E-state index contributed by atoms with van der Waals surface area (Å²) < 4.78 is 14.2. The van der Waals surface area contributed by atoms with Gasteiger partial charge in [0, 0.05) is 42.5 Å². The Morgan fingerprint density at radius 1 is 0.662 bits per heavy atom. The Balaban J connectivity index is 0.000000154. The predicted molar refractivity (Wildman–Crippen MR) is 267 cm³/mol. The molecule has 6 aliphatic rings. The second-order valence-electron chi connectivity index (χ2n) is 20.1. The van der Waals surface area contributed by atoms with E-state index in [0.29, 0.717) is 59.1 Å². The summed E-state index contributed by atoms with van der Waals surface area (Å²) in [5.41, 5.74) is 14.2. The molecule has 2 aliphatic carbocycles. The molecule has 352 valence electrons. The Kier molecular flexibility index (Phi) is 13.0. The lowest BCUT2D eigenvalue weighted by atomic mass is 9.65. The van der Waals surface area contributed by atoms with Gasteiger partial charge in [-0.15, -0.1) is 0 Å². The van der Waals surface area contributed by atoms with Gasteiger partial charge in [0.25, 0.3) is 11.8 Å². The van der Waals surface area contributed by atoms with Crippen molar-refractivity contribution in [1.82, 2.24) is 9.80 Å². The summed E-state index contributed by atoms with van der Waals surface area (Å²) in [6, 6.07) is 25.5. The van der Waals surface area contributed by atoms with Crippen LogP contribution < -0.4 is 26.4 Å². The molecule has 10 rings (SSSR count). The quantitative estimate of drug-likeness (QED) is 0.114. The highest BCUT2D eigenvalue weighted by molar-refractivity contribution is 9.10. The van der Waals surface area contributed by atoms with Crippen molar-refractivity contribution in [3.63, 3.8) is 0 Å². The Bertz CT molecular complexity index is 2790. The molecule has 2 saturated carbocycles. The number of carbonyl (C=O) groups excluding carboxylic acids is 2. The van der Waals surface area contributed by atoms with Crippen LogP contribution in [-0.2, 0) is 20.7 Å². The van der Waals surface area contributed by atoms with E-state index in [0.717, 1.165) is 58.2 Å². The lowest BCUT2D eigenvalue weighted by Crippen LogP contribution is -2.54. The third-order valence-electron chi connectivity index (χ3n) is 14.3. The van der Waals surface area contributed by atoms with E-state index in [1.54, 1.807) is 38.4 Å². The van der Waals surface area contributed by atoms with Gasteiger partial charge >= 0.3 is 7.12 Å². The zero-order valence-corrected chi connectivity index (χ0v) is 41.0. The standard InChI is InChI=1S/C26H28N4O2.C19H24BrN3O2.C7H6BNO2/c1-16-10-17(2)14-25(13-16)15-26(23(31)30(4)24(27)29-26)21-12-19(8-9-22(21)32-25)18-6-5-7-20(11-18)28-3;1-11-6-12(2)9-18(8-11)10-19(16(24)23(3)17(21)22-19)14-7-13(20)4-5-15(14)25-18;1-9-7-4-2-3-6(5-7)8(10)11/h5-9,11-12,16-17H,10,13-15H2,1-2,4H3,(H2,27,29);4-5,7,11-12H,6,8-10H2,1-3H3,(H2,21,22);2-5,10-11H. The first-order valence-corrected chi connectivity index (χ1v) is 23.9. The smallest absolute Gasteiger partial charge is 0.487 e. The van der Waals surface area contributed by atoms with Crippen molar-refractivity contribution < 1.29 is 29.1 Å². The monoisotopic (exact) mass is 980 g/mol. The van der Waals surface area contributed by atoms with Gasteiger partial charge in [0.2, 0.25) is 0 Å². The highest BCUT2D eigenvalue weighted by Crippen LogP contribution is 2.56. The highest BCUT2D eigenvalue weighted by atomic mass is 79.9. The minimum atomic E-state index is -1.49. The molecule has 14 nitrogen and oxygen atoms in total. The summed E-state index contributed by atoms with van der Waals surface area (Å²) >= 11 is 3.52. The number of nitrogens with zero attached hydrogens (tertiary/aromatic N) is 6. The minimum absolute atomic E-state index is 0.0575. The maximum atomic E-state index is 13.6. The van der Waals surface area contributed by atoms with Gasteiger partial charge in [-0.05, 0) is 115 Å². The number of rotatable bonds is 2. The number of aliphatic imine (C=N–C) groups is 2. The number of likely N-dealkylation sites (N-methyl/N-ethyl adjacent to an activating group) is 2. The third kappa shape index (κ3) is 8.97. The molecule has 2 amide bonds. The molecule has 4 aromatic rings. The van der Waals surface area contributed by atoms with Gasteiger partial charge in [-0.25, -0.2) is 19.7 Å². The first-order chi connectivity index (χ1) is 32.2. The topological polar surface area (TPSA) is 185 Å². The number of fused-ring (bicyclic) bond motifs is 4. The van der Waals surface area contributed by atoms with Crippen LogP contribution in [0.25, 0.3) is 20.8 Å². The van der Waals surface area contributed by atoms with E-state index in [2.05, 4.69) is 53.3 Å². The second kappa shape index (κ2) is 18.4. The van der Waals surface area contributed by atoms with E-state index in [1.165, 1.54) is 28.7 Å². The molecule has 0 aromatic heterocycles. The van der Waals surface area contributed by atoms with E-state index in [-0.39, 0.29) is 29.3 Å². The van der Waals surface area contributed by atoms with E-state index >= 15 is 0 Å². The average molecular weight is 982 g/mol. The minimum Gasteiger partial charge on any atom is -0.487 e. The number of benzene rings is 4. The van der Waals surface area contributed by atoms with Gasteiger partial charge in [-0.3, -0.25) is 19.4 Å². The number of nitrogens with two attached hydrogens (primary N) is 2. The number of amides is 2. The summed E-state index contributed by atoms with van der Waals surface area (Å²) in [4.78, 5) is 46.0.